The molecule has 1 saturated heterocycles. The lowest BCUT2D eigenvalue weighted by atomic mass is 9.96. The quantitative estimate of drug-likeness (QED) is 0.339. The fourth-order valence-electron chi connectivity index (χ4n) is 5.09. The summed E-state index contributed by atoms with van der Waals surface area (Å²) >= 11 is 5.90. The Balaban J connectivity index is 1.66. The molecule has 0 amide bonds. The van der Waals surface area contributed by atoms with Gasteiger partial charge in [-0.2, -0.15) is 0 Å². The second-order valence-corrected chi connectivity index (χ2v) is 9.40. The number of nitrogens with zero attached hydrogens (tertiary/aromatic N) is 3. The molecular weight excluding hydrogens is 436 g/mol. The topological polar surface area (TPSA) is 33.1 Å². The number of thiocarbonyl (C=S) groups is 1. The summed E-state index contributed by atoms with van der Waals surface area (Å²) in [7, 11) is 0. The Bertz CT molecular complexity index is 1320. The van der Waals surface area contributed by atoms with Gasteiger partial charge in [-0.05, 0) is 98.6 Å². The van der Waals surface area contributed by atoms with Crippen molar-refractivity contribution in [3.63, 3.8) is 0 Å². The second kappa shape index (κ2) is 9.07. The highest BCUT2D eigenvalue weighted by atomic mass is 32.1. The van der Waals surface area contributed by atoms with Gasteiger partial charge in [0.2, 0.25) is 0 Å². The molecule has 1 fully saturated rings. The molecule has 4 nitrogen and oxygen atoms in total. The molecule has 5 rings (SSSR count). The molecule has 1 N–H and O–H groups in total. The van der Waals surface area contributed by atoms with E-state index in [-0.39, 0.29) is 12.1 Å². The molecule has 1 aliphatic heterocycles. The van der Waals surface area contributed by atoms with Crippen LogP contribution in [0.1, 0.15) is 52.8 Å². The van der Waals surface area contributed by atoms with Crippen molar-refractivity contribution in [2.45, 2.75) is 46.2 Å². The van der Waals surface area contributed by atoms with E-state index >= 15 is 0 Å². The Hall–Kier alpha value is -3.44. The molecule has 0 radical (unpaired) electrons. The SMILES string of the molecule is CCc1ccc(-n2c(C)cc(C3C(c4ccccn4)NC(=S)N3c3cccc(C)c3)c2C)cc1. The average molecular weight is 467 g/mol. The van der Waals surface area contributed by atoms with Crippen molar-refractivity contribution in [3.8, 4) is 5.69 Å². The molecule has 0 bridgehead atoms. The summed E-state index contributed by atoms with van der Waals surface area (Å²) in [6.07, 6.45) is 2.89. The number of hydrogen-bond acceptors (Lipinski definition) is 2. The Morgan fingerprint density at radius 2 is 1.71 bits per heavy atom. The van der Waals surface area contributed by atoms with Crippen LogP contribution in [0.4, 0.5) is 5.69 Å². The van der Waals surface area contributed by atoms with Crippen molar-refractivity contribution < 1.29 is 0 Å². The fourth-order valence-corrected chi connectivity index (χ4v) is 5.44. The molecule has 1 aliphatic rings. The first-order chi connectivity index (χ1) is 16.5. The highest BCUT2D eigenvalue weighted by Crippen LogP contribution is 2.43. The summed E-state index contributed by atoms with van der Waals surface area (Å²) in [6.45, 7) is 8.69. The van der Waals surface area contributed by atoms with Crippen LogP contribution in [-0.2, 0) is 6.42 Å². The van der Waals surface area contributed by atoms with Crippen LogP contribution in [0.5, 0.6) is 0 Å². The van der Waals surface area contributed by atoms with E-state index in [1.165, 1.54) is 33.8 Å². The normalized spacial score (nSPS) is 17.8. The van der Waals surface area contributed by atoms with Crippen LogP contribution < -0.4 is 10.2 Å². The monoisotopic (exact) mass is 466 g/mol. The third kappa shape index (κ3) is 3.90. The summed E-state index contributed by atoms with van der Waals surface area (Å²) in [5.41, 5.74) is 9.50. The minimum atomic E-state index is -0.0503. The molecule has 4 aromatic rings. The lowest BCUT2D eigenvalue weighted by Gasteiger charge is -2.28. The van der Waals surface area contributed by atoms with Crippen molar-refractivity contribution in [2.75, 3.05) is 4.90 Å². The standard InChI is InChI=1S/C29H30N4S/c1-5-22-12-14-23(15-13-22)32-20(3)18-25(21(32)4)28-27(26-11-6-7-16-30-26)31-29(34)33(28)24-10-8-9-19(2)17-24/h6-18,27-28H,5H2,1-4H3,(H,31,34). The molecule has 2 unspecified atom stereocenters. The van der Waals surface area contributed by atoms with E-state index in [0.717, 1.165) is 22.9 Å². The first-order valence-electron chi connectivity index (χ1n) is 11.8. The Labute approximate surface area is 207 Å². The number of rotatable bonds is 5. The van der Waals surface area contributed by atoms with Crippen molar-refractivity contribution in [2.24, 2.45) is 0 Å². The lowest BCUT2D eigenvalue weighted by Crippen LogP contribution is -2.29. The summed E-state index contributed by atoms with van der Waals surface area (Å²) in [6, 6.07) is 25.7. The molecule has 0 spiro atoms. The van der Waals surface area contributed by atoms with Crippen molar-refractivity contribution in [1.29, 1.82) is 0 Å². The van der Waals surface area contributed by atoms with Gasteiger partial charge in [-0.3, -0.25) is 4.98 Å². The van der Waals surface area contributed by atoms with Crippen LogP contribution in [0.3, 0.4) is 0 Å². The molecule has 2 aromatic carbocycles. The summed E-state index contributed by atoms with van der Waals surface area (Å²) in [5, 5.41) is 4.31. The second-order valence-electron chi connectivity index (χ2n) is 9.02. The number of aromatic nitrogens is 2. The van der Waals surface area contributed by atoms with Crippen molar-refractivity contribution in [1.82, 2.24) is 14.9 Å². The largest absolute Gasteiger partial charge is 0.351 e. The third-order valence-electron chi connectivity index (χ3n) is 6.77. The van der Waals surface area contributed by atoms with Crippen LogP contribution >= 0.6 is 12.2 Å². The molecule has 5 heteroatoms. The van der Waals surface area contributed by atoms with E-state index in [2.05, 4.69) is 103 Å². The van der Waals surface area contributed by atoms with Gasteiger partial charge in [0.05, 0.1) is 17.8 Å². The summed E-state index contributed by atoms with van der Waals surface area (Å²) < 4.78 is 2.35. The Morgan fingerprint density at radius 3 is 2.38 bits per heavy atom. The van der Waals surface area contributed by atoms with Gasteiger partial charge in [-0.1, -0.05) is 37.3 Å². The molecule has 3 heterocycles. The molecule has 2 atom stereocenters. The van der Waals surface area contributed by atoms with Gasteiger partial charge in [0.25, 0.3) is 0 Å². The zero-order valence-electron chi connectivity index (χ0n) is 20.1. The Morgan fingerprint density at radius 1 is 0.912 bits per heavy atom. The maximum absolute atomic E-state index is 5.90. The van der Waals surface area contributed by atoms with E-state index in [9.17, 15) is 0 Å². The van der Waals surface area contributed by atoms with E-state index in [1.807, 2.05) is 18.3 Å². The van der Waals surface area contributed by atoms with Crippen LogP contribution in [0.15, 0.2) is 79.0 Å². The molecule has 0 saturated carbocycles. The predicted molar refractivity (Wildman–Crippen MR) is 144 cm³/mol. The first kappa shape index (κ1) is 22.4. The minimum absolute atomic E-state index is 0.0148. The predicted octanol–water partition coefficient (Wildman–Crippen LogP) is 6.54. The number of pyridine rings is 1. The highest BCUT2D eigenvalue weighted by Gasteiger charge is 2.42. The number of benzene rings is 2. The zero-order valence-corrected chi connectivity index (χ0v) is 20.9. The molecule has 2 aromatic heterocycles. The van der Waals surface area contributed by atoms with Gasteiger partial charge in [-0.25, -0.2) is 0 Å². The zero-order chi connectivity index (χ0) is 23.8. The maximum Gasteiger partial charge on any atom is 0.174 e. The first-order valence-corrected chi connectivity index (χ1v) is 12.2. The number of aryl methyl sites for hydroxylation is 3. The maximum atomic E-state index is 5.90. The van der Waals surface area contributed by atoms with Gasteiger partial charge in [-0.15, -0.1) is 0 Å². The van der Waals surface area contributed by atoms with Gasteiger partial charge in [0.15, 0.2) is 5.11 Å². The van der Waals surface area contributed by atoms with Crippen LogP contribution in [0, 0.1) is 20.8 Å². The van der Waals surface area contributed by atoms with E-state index in [1.54, 1.807) is 0 Å². The van der Waals surface area contributed by atoms with Gasteiger partial charge < -0.3 is 14.8 Å². The summed E-state index contributed by atoms with van der Waals surface area (Å²) in [4.78, 5) is 6.96. The third-order valence-corrected chi connectivity index (χ3v) is 7.08. The molecule has 172 valence electrons. The van der Waals surface area contributed by atoms with Crippen LogP contribution in [0.2, 0.25) is 0 Å². The van der Waals surface area contributed by atoms with Crippen LogP contribution in [0.25, 0.3) is 5.69 Å². The molecule has 0 aliphatic carbocycles. The van der Waals surface area contributed by atoms with Crippen LogP contribution in [-0.4, -0.2) is 14.7 Å². The number of hydrogen-bond donors (Lipinski definition) is 1. The fraction of sp³-hybridized carbons (Fsp3) is 0.241. The smallest absolute Gasteiger partial charge is 0.174 e. The van der Waals surface area contributed by atoms with Gasteiger partial charge in [0.1, 0.15) is 0 Å². The summed E-state index contributed by atoms with van der Waals surface area (Å²) in [5.74, 6) is 0. The number of anilines is 1. The molecule has 34 heavy (non-hydrogen) atoms. The Kier molecular flexibility index (Phi) is 5.96. The van der Waals surface area contributed by atoms with Gasteiger partial charge >= 0.3 is 0 Å². The van der Waals surface area contributed by atoms with Crippen molar-refractivity contribution in [3.05, 3.63) is 113 Å². The van der Waals surface area contributed by atoms with E-state index < -0.39 is 0 Å². The van der Waals surface area contributed by atoms with E-state index in [4.69, 9.17) is 17.2 Å². The number of nitrogens with one attached hydrogen (secondary N) is 1. The average Bonchev–Trinajstić information content (AvgIpc) is 3.35. The van der Waals surface area contributed by atoms with E-state index in [0.29, 0.717) is 0 Å². The molecular formula is C29H30N4S. The lowest BCUT2D eigenvalue weighted by molar-refractivity contribution is 0.565. The van der Waals surface area contributed by atoms with Crippen molar-refractivity contribution >= 4 is 23.0 Å². The minimum Gasteiger partial charge on any atom is -0.351 e. The van der Waals surface area contributed by atoms with Gasteiger partial charge in [0, 0.05) is 29.0 Å². The highest BCUT2D eigenvalue weighted by molar-refractivity contribution is 7.80.